The third-order valence-electron chi connectivity index (χ3n) is 4.97. The van der Waals surface area contributed by atoms with E-state index in [0.717, 1.165) is 25.0 Å². The molecule has 0 aliphatic carbocycles. The van der Waals surface area contributed by atoms with Gasteiger partial charge in [-0.25, -0.2) is 8.42 Å². The third kappa shape index (κ3) is 3.92. The summed E-state index contributed by atoms with van der Waals surface area (Å²) in [6.07, 6.45) is 7.21. The number of rotatable bonds is 6. The van der Waals surface area contributed by atoms with Gasteiger partial charge in [-0.1, -0.05) is 6.92 Å². The summed E-state index contributed by atoms with van der Waals surface area (Å²) in [5, 5.41) is 3.53. The Hall–Kier alpha value is -0.130. The van der Waals surface area contributed by atoms with E-state index in [-0.39, 0.29) is 0 Å². The summed E-state index contributed by atoms with van der Waals surface area (Å²) < 4.78 is 22.8. The zero-order valence-electron chi connectivity index (χ0n) is 12.4. The Labute approximate surface area is 117 Å². The predicted molar refractivity (Wildman–Crippen MR) is 79.1 cm³/mol. The van der Waals surface area contributed by atoms with E-state index in [1.165, 1.54) is 31.9 Å². The van der Waals surface area contributed by atoms with Crippen LogP contribution in [0.25, 0.3) is 0 Å². The van der Waals surface area contributed by atoms with E-state index in [4.69, 9.17) is 0 Å². The van der Waals surface area contributed by atoms with Crippen LogP contribution in [0.2, 0.25) is 0 Å². The van der Waals surface area contributed by atoms with E-state index in [9.17, 15) is 8.42 Å². The summed E-state index contributed by atoms with van der Waals surface area (Å²) in [5.74, 6) is 0.960. The highest BCUT2D eigenvalue weighted by Crippen LogP contribution is 2.39. The molecule has 0 radical (unpaired) electrons. The Morgan fingerprint density at radius 1 is 1.26 bits per heavy atom. The Balaban J connectivity index is 1.96. The summed E-state index contributed by atoms with van der Waals surface area (Å²) in [6.45, 7) is 3.03. The molecule has 5 heteroatoms. The Morgan fingerprint density at radius 3 is 2.32 bits per heavy atom. The molecule has 4 nitrogen and oxygen atoms in total. The van der Waals surface area contributed by atoms with E-state index >= 15 is 0 Å². The number of nitrogens with zero attached hydrogens (tertiary/aromatic N) is 1. The van der Waals surface area contributed by atoms with Crippen LogP contribution >= 0.6 is 0 Å². The molecule has 3 atom stereocenters. The SMILES string of the molecule is CCNC(CCS(C)(=O)=O)C1CC2CCC(C1)N2C. The van der Waals surface area contributed by atoms with Crippen molar-refractivity contribution < 1.29 is 8.42 Å². The van der Waals surface area contributed by atoms with Crippen LogP contribution < -0.4 is 5.32 Å². The molecule has 0 spiro atoms. The smallest absolute Gasteiger partial charge is 0.147 e. The molecule has 2 bridgehead atoms. The fourth-order valence-electron chi connectivity index (χ4n) is 3.89. The van der Waals surface area contributed by atoms with E-state index in [0.29, 0.717) is 17.7 Å². The lowest BCUT2D eigenvalue weighted by Gasteiger charge is -2.40. The van der Waals surface area contributed by atoms with Gasteiger partial charge >= 0.3 is 0 Å². The number of hydrogen-bond donors (Lipinski definition) is 1. The van der Waals surface area contributed by atoms with Gasteiger partial charge in [0, 0.05) is 24.4 Å². The molecular weight excluding hydrogens is 260 g/mol. The van der Waals surface area contributed by atoms with Gasteiger partial charge in [-0.2, -0.15) is 0 Å². The molecule has 2 fully saturated rings. The maximum Gasteiger partial charge on any atom is 0.147 e. The van der Waals surface area contributed by atoms with Crippen LogP contribution in [-0.4, -0.2) is 57.0 Å². The van der Waals surface area contributed by atoms with Gasteiger partial charge in [0.2, 0.25) is 0 Å². The second-order valence-electron chi connectivity index (χ2n) is 6.36. The standard InChI is InChI=1S/C14H28N2O2S/c1-4-15-14(7-8-19(3,17)18)11-9-12-5-6-13(10-11)16(12)2/h11-15H,4-10H2,1-3H3. The lowest BCUT2D eigenvalue weighted by Crippen LogP contribution is -2.47. The minimum absolute atomic E-state index is 0.312. The molecule has 0 aromatic rings. The first kappa shape index (κ1) is 15.3. The maximum atomic E-state index is 11.4. The van der Waals surface area contributed by atoms with Crippen molar-refractivity contribution in [1.29, 1.82) is 0 Å². The van der Waals surface area contributed by atoms with Crippen LogP contribution in [0.1, 0.15) is 39.0 Å². The summed E-state index contributed by atoms with van der Waals surface area (Å²) in [7, 11) is -0.601. The van der Waals surface area contributed by atoms with Crippen molar-refractivity contribution in [3.05, 3.63) is 0 Å². The molecule has 1 N–H and O–H groups in total. The van der Waals surface area contributed by atoms with Crippen LogP contribution in [0.4, 0.5) is 0 Å². The molecule has 2 aliphatic heterocycles. The van der Waals surface area contributed by atoms with Crippen LogP contribution in [-0.2, 0) is 9.84 Å². The molecule has 2 rings (SSSR count). The first-order valence-electron chi connectivity index (χ1n) is 7.53. The van der Waals surface area contributed by atoms with Crippen molar-refractivity contribution in [2.24, 2.45) is 5.92 Å². The van der Waals surface area contributed by atoms with Crippen molar-refractivity contribution in [1.82, 2.24) is 10.2 Å². The number of sulfone groups is 1. The summed E-state index contributed by atoms with van der Waals surface area (Å²) in [6, 6.07) is 1.82. The molecule has 2 aliphatic rings. The monoisotopic (exact) mass is 288 g/mol. The molecule has 0 amide bonds. The fourth-order valence-corrected chi connectivity index (χ4v) is 4.57. The quantitative estimate of drug-likeness (QED) is 0.800. The second kappa shape index (κ2) is 6.10. The fraction of sp³-hybridized carbons (Fsp3) is 1.00. The minimum atomic E-state index is -2.85. The highest BCUT2D eigenvalue weighted by atomic mass is 32.2. The maximum absolute atomic E-state index is 11.4. The molecule has 2 heterocycles. The third-order valence-corrected chi connectivity index (χ3v) is 5.95. The van der Waals surface area contributed by atoms with Crippen molar-refractivity contribution in [2.75, 3.05) is 25.6 Å². The number of piperidine rings is 1. The largest absolute Gasteiger partial charge is 0.314 e. The molecule has 112 valence electrons. The molecule has 0 aromatic carbocycles. The summed E-state index contributed by atoms with van der Waals surface area (Å²) in [5.41, 5.74) is 0. The first-order chi connectivity index (χ1) is 8.90. The van der Waals surface area contributed by atoms with Gasteiger partial charge in [-0.15, -0.1) is 0 Å². The van der Waals surface area contributed by atoms with Gasteiger partial charge in [0.1, 0.15) is 9.84 Å². The summed E-state index contributed by atoms with van der Waals surface area (Å²) in [4.78, 5) is 2.54. The van der Waals surface area contributed by atoms with Gasteiger partial charge in [0.15, 0.2) is 0 Å². The van der Waals surface area contributed by atoms with E-state index < -0.39 is 9.84 Å². The van der Waals surface area contributed by atoms with E-state index in [1.54, 1.807) is 0 Å². The van der Waals surface area contributed by atoms with Gasteiger partial charge in [-0.05, 0) is 51.6 Å². The molecular formula is C14H28N2O2S. The zero-order chi connectivity index (χ0) is 14.0. The Kier molecular flexibility index (Phi) is 4.90. The average molecular weight is 288 g/mol. The first-order valence-corrected chi connectivity index (χ1v) is 9.59. The van der Waals surface area contributed by atoms with Gasteiger partial charge < -0.3 is 10.2 Å². The Bertz CT molecular complexity index is 382. The van der Waals surface area contributed by atoms with Gasteiger partial charge in [0.25, 0.3) is 0 Å². The lowest BCUT2D eigenvalue weighted by molar-refractivity contribution is 0.112. The zero-order valence-corrected chi connectivity index (χ0v) is 13.2. The number of fused-ring (bicyclic) bond motifs is 2. The lowest BCUT2D eigenvalue weighted by atomic mass is 9.84. The average Bonchev–Trinajstić information content (AvgIpc) is 2.56. The second-order valence-corrected chi connectivity index (χ2v) is 8.62. The predicted octanol–water partition coefficient (Wildman–Crippen LogP) is 1.27. The van der Waals surface area contributed by atoms with Crippen LogP contribution in [0.5, 0.6) is 0 Å². The van der Waals surface area contributed by atoms with Crippen LogP contribution in [0, 0.1) is 5.92 Å². The van der Waals surface area contributed by atoms with Crippen molar-refractivity contribution >= 4 is 9.84 Å². The van der Waals surface area contributed by atoms with Crippen LogP contribution in [0.3, 0.4) is 0 Å². The highest BCUT2D eigenvalue weighted by Gasteiger charge is 2.40. The van der Waals surface area contributed by atoms with Crippen LogP contribution in [0.15, 0.2) is 0 Å². The highest BCUT2D eigenvalue weighted by molar-refractivity contribution is 7.90. The van der Waals surface area contributed by atoms with Crippen molar-refractivity contribution in [3.63, 3.8) is 0 Å². The van der Waals surface area contributed by atoms with E-state index in [2.05, 4.69) is 24.2 Å². The summed E-state index contributed by atoms with van der Waals surface area (Å²) >= 11 is 0. The van der Waals surface area contributed by atoms with Crippen molar-refractivity contribution in [2.45, 2.75) is 57.2 Å². The molecule has 3 unspecified atom stereocenters. The molecule has 19 heavy (non-hydrogen) atoms. The van der Waals surface area contributed by atoms with E-state index in [1.807, 2.05) is 0 Å². The number of hydrogen-bond acceptors (Lipinski definition) is 4. The normalized spacial score (nSPS) is 33.5. The molecule has 0 saturated carbocycles. The van der Waals surface area contributed by atoms with Gasteiger partial charge in [-0.3, -0.25) is 0 Å². The van der Waals surface area contributed by atoms with Gasteiger partial charge in [0.05, 0.1) is 5.75 Å². The Morgan fingerprint density at radius 2 is 1.84 bits per heavy atom. The molecule has 0 aromatic heterocycles. The topological polar surface area (TPSA) is 49.4 Å². The molecule has 2 saturated heterocycles. The van der Waals surface area contributed by atoms with Crippen molar-refractivity contribution in [3.8, 4) is 0 Å². The minimum Gasteiger partial charge on any atom is -0.314 e. The number of nitrogens with one attached hydrogen (secondary N) is 1.